The number of carbonyl (C=O) groups is 1. The van der Waals surface area contributed by atoms with Gasteiger partial charge in [-0.2, -0.15) is 0 Å². The maximum atomic E-state index is 12.8. The second kappa shape index (κ2) is 4.98. The number of hydrogen-bond acceptors (Lipinski definition) is 2. The number of rotatable bonds is 2. The van der Waals surface area contributed by atoms with Gasteiger partial charge >= 0.3 is 0 Å². The normalized spacial score (nSPS) is 10.3. The average Bonchev–Trinajstić information content (AvgIpc) is 2.75. The molecule has 0 spiro atoms. The molecule has 0 fully saturated rings. The first-order valence-electron chi connectivity index (χ1n) is 4.85. The Morgan fingerprint density at radius 3 is 2.53 bits per heavy atom. The zero-order valence-electron chi connectivity index (χ0n) is 8.98. The fourth-order valence-electron chi connectivity index (χ4n) is 1.40. The number of amides is 1. The van der Waals surface area contributed by atoms with Crippen molar-refractivity contribution in [2.45, 2.75) is 0 Å². The van der Waals surface area contributed by atoms with E-state index in [4.69, 9.17) is 0 Å². The summed E-state index contributed by atoms with van der Waals surface area (Å²) in [5.41, 5.74) is 1.28. The largest absolute Gasteiger partial charge is 0.311 e. The molecule has 0 saturated heterocycles. The molecule has 2 nitrogen and oxygen atoms in total. The maximum Gasteiger partial charge on any atom is 0.258 e. The fourth-order valence-corrected chi connectivity index (χ4v) is 2.53. The summed E-state index contributed by atoms with van der Waals surface area (Å²) >= 11 is 4.77. The van der Waals surface area contributed by atoms with Gasteiger partial charge in [-0.3, -0.25) is 4.79 Å². The molecule has 2 aromatic rings. The quantitative estimate of drug-likeness (QED) is 0.822. The van der Waals surface area contributed by atoms with Gasteiger partial charge in [0.05, 0.1) is 9.35 Å². The number of halogens is 2. The summed E-state index contributed by atoms with van der Waals surface area (Å²) in [6.45, 7) is 0. The lowest BCUT2D eigenvalue weighted by Crippen LogP contribution is -2.25. The molecule has 0 N–H and O–H groups in total. The van der Waals surface area contributed by atoms with E-state index in [0.717, 1.165) is 3.79 Å². The third kappa shape index (κ3) is 2.73. The zero-order chi connectivity index (χ0) is 12.4. The van der Waals surface area contributed by atoms with Gasteiger partial charge < -0.3 is 4.90 Å². The summed E-state index contributed by atoms with van der Waals surface area (Å²) in [5, 5.41) is 1.78. The predicted molar refractivity (Wildman–Crippen MR) is 71.2 cm³/mol. The summed E-state index contributed by atoms with van der Waals surface area (Å²) in [6.07, 6.45) is 0. The summed E-state index contributed by atoms with van der Waals surface area (Å²) in [4.78, 5) is 13.6. The molecule has 0 saturated carbocycles. The van der Waals surface area contributed by atoms with E-state index in [2.05, 4.69) is 15.9 Å². The Morgan fingerprint density at radius 2 is 2.00 bits per heavy atom. The number of anilines is 1. The van der Waals surface area contributed by atoms with Crippen LogP contribution >= 0.6 is 27.3 Å². The van der Waals surface area contributed by atoms with Gasteiger partial charge in [0.2, 0.25) is 0 Å². The summed E-state index contributed by atoms with van der Waals surface area (Å²) < 4.78 is 13.7. The highest BCUT2D eigenvalue weighted by Gasteiger charge is 2.14. The van der Waals surface area contributed by atoms with Gasteiger partial charge in [-0.05, 0) is 46.3 Å². The molecule has 0 unspecified atom stereocenters. The summed E-state index contributed by atoms with van der Waals surface area (Å²) in [6, 6.07) is 7.60. The average molecular weight is 314 g/mol. The van der Waals surface area contributed by atoms with Crippen LogP contribution in [0.25, 0.3) is 0 Å². The van der Waals surface area contributed by atoms with Gasteiger partial charge in [0, 0.05) is 18.1 Å². The van der Waals surface area contributed by atoms with Crippen LogP contribution in [0.3, 0.4) is 0 Å². The van der Waals surface area contributed by atoms with Crippen LogP contribution in [0.4, 0.5) is 10.1 Å². The molecule has 5 heteroatoms. The highest BCUT2D eigenvalue weighted by Crippen LogP contribution is 2.23. The van der Waals surface area contributed by atoms with Gasteiger partial charge in [0.25, 0.3) is 5.91 Å². The van der Waals surface area contributed by atoms with Crippen LogP contribution in [-0.2, 0) is 0 Å². The first kappa shape index (κ1) is 12.3. The van der Waals surface area contributed by atoms with Crippen molar-refractivity contribution in [1.82, 2.24) is 0 Å². The van der Waals surface area contributed by atoms with Crippen LogP contribution in [0.15, 0.2) is 39.5 Å². The lowest BCUT2D eigenvalue weighted by molar-refractivity contribution is 0.0993. The molecule has 0 radical (unpaired) electrons. The molecule has 1 amide bonds. The Labute approximate surface area is 111 Å². The van der Waals surface area contributed by atoms with Crippen molar-refractivity contribution in [2.24, 2.45) is 0 Å². The number of benzene rings is 1. The SMILES string of the molecule is CN(C(=O)c1csc(Br)c1)c1ccc(F)cc1. The van der Waals surface area contributed by atoms with Crippen molar-refractivity contribution in [3.05, 3.63) is 50.9 Å². The van der Waals surface area contributed by atoms with E-state index >= 15 is 0 Å². The molecule has 1 aromatic heterocycles. The highest BCUT2D eigenvalue weighted by molar-refractivity contribution is 9.11. The third-order valence-corrected chi connectivity index (χ3v) is 3.84. The molecule has 88 valence electrons. The molecule has 0 bridgehead atoms. The first-order chi connectivity index (χ1) is 8.08. The molecule has 17 heavy (non-hydrogen) atoms. The Kier molecular flexibility index (Phi) is 3.59. The minimum absolute atomic E-state index is 0.112. The van der Waals surface area contributed by atoms with Gasteiger partial charge in [0.15, 0.2) is 0 Å². The van der Waals surface area contributed by atoms with Crippen molar-refractivity contribution < 1.29 is 9.18 Å². The van der Waals surface area contributed by atoms with Crippen molar-refractivity contribution >= 4 is 38.9 Å². The van der Waals surface area contributed by atoms with Crippen LogP contribution in [-0.4, -0.2) is 13.0 Å². The van der Waals surface area contributed by atoms with E-state index < -0.39 is 0 Å². The van der Waals surface area contributed by atoms with Gasteiger partial charge in [-0.1, -0.05) is 0 Å². The molecule has 0 atom stereocenters. The minimum Gasteiger partial charge on any atom is -0.311 e. The molecule has 2 rings (SSSR count). The van der Waals surface area contributed by atoms with Crippen LogP contribution in [0.2, 0.25) is 0 Å². The molecule has 0 aliphatic rings. The number of thiophene rings is 1. The summed E-state index contributed by atoms with van der Waals surface area (Å²) in [5.74, 6) is -0.425. The lowest BCUT2D eigenvalue weighted by atomic mass is 10.2. The zero-order valence-corrected chi connectivity index (χ0v) is 11.4. The molecule has 1 aromatic carbocycles. The Morgan fingerprint density at radius 1 is 1.35 bits per heavy atom. The molecule has 0 aliphatic heterocycles. The smallest absolute Gasteiger partial charge is 0.258 e. The van der Waals surface area contributed by atoms with Crippen LogP contribution in [0.5, 0.6) is 0 Å². The second-order valence-corrected chi connectivity index (χ2v) is 5.77. The van der Waals surface area contributed by atoms with Gasteiger partial charge in [-0.25, -0.2) is 4.39 Å². The van der Waals surface area contributed by atoms with E-state index in [9.17, 15) is 9.18 Å². The van der Waals surface area contributed by atoms with Crippen LogP contribution in [0, 0.1) is 5.82 Å². The van der Waals surface area contributed by atoms with Crippen molar-refractivity contribution in [3.63, 3.8) is 0 Å². The number of hydrogen-bond donors (Lipinski definition) is 0. The van der Waals surface area contributed by atoms with E-state index in [1.165, 1.54) is 28.4 Å². The predicted octanol–water partition coefficient (Wildman–Crippen LogP) is 3.93. The highest BCUT2D eigenvalue weighted by atomic mass is 79.9. The number of nitrogens with zero attached hydrogens (tertiary/aromatic N) is 1. The Bertz CT molecular complexity index is 538. The van der Waals surface area contributed by atoms with E-state index in [1.54, 1.807) is 30.6 Å². The van der Waals surface area contributed by atoms with Crippen molar-refractivity contribution in [3.8, 4) is 0 Å². The fraction of sp³-hybridized carbons (Fsp3) is 0.0833. The number of carbonyl (C=O) groups excluding carboxylic acids is 1. The lowest BCUT2D eigenvalue weighted by Gasteiger charge is -2.16. The Hall–Kier alpha value is -1.20. The topological polar surface area (TPSA) is 20.3 Å². The molecular weight excluding hydrogens is 305 g/mol. The standard InChI is InChI=1S/C12H9BrFNOS/c1-15(10-4-2-9(14)3-5-10)12(16)8-6-11(13)17-7-8/h2-7H,1H3. The van der Waals surface area contributed by atoms with E-state index in [0.29, 0.717) is 11.3 Å². The minimum atomic E-state index is -0.312. The van der Waals surface area contributed by atoms with Crippen molar-refractivity contribution in [1.29, 1.82) is 0 Å². The molecular formula is C12H9BrFNOS. The van der Waals surface area contributed by atoms with Gasteiger partial charge in [-0.15, -0.1) is 11.3 Å². The molecule has 0 aliphatic carbocycles. The van der Waals surface area contributed by atoms with Gasteiger partial charge in [0.1, 0.15) is 5.82 Å². The van der Waals surface area contributed by atoms with Crippen LogP contribution < -0.4 is 4.90 Å². The maximum absolute atomic E-state index is 12.8. The molecule has 1 heterocycles. The van der Waals surface area contributed by atoms with E-state index in [1.807, 2.05) is 0 Å². The third-order valence-electron chi connectivity index (χ3n) is 2.33. The monoisotopic (exact) mass is 313 g/mol. The Balaban J connectivity index is 2.23. The second-order valence-electron chi connectivity index (χ2n) is 3.48. The van der Waals surface area contributed by atoms with Crippen molar-refractivity contribution in [2.75, 3.05) is 11.9 Å². The summed E-state index contributed by atoms with van der Waals surface area (Å²) in [7, 11) is 1.67. The van der Waals surface area contributed by atoms with E-state index in [-0.39, 0.29) is 11.7 Å². The van der Waals surface area contributed by atoms with Crippen LogP contribution in [0.1, 0.15) is 10.4 Å². The first-order valence-corrected chi connectivity index (χ1v) is 6.53.